The van der Waals surface area contributed by atoms with Crippen molar-refractivity contribution >= 4 is 40.0 Å². The Labute approximate surface area is 296 Å². The number of hydrogen-bond acceptors (Lipinski definition) is 6. The first-order chi connectivity index (χ1) is 24.1. The number of aliphatic hydroxyl groups is 1. The average molecular weight is 687 g/mol. The summed E-state index contributed by atoms with van der Waals surface area (Å²) in [5.41, 5.74) is 1.62. The van der Waals surface area contributed by atoms with Crippen LogP contribution >= 0.6 is 0 Å². The van der Waals surface area contributed by atoms with E-state index in [2.05, 4.69) is 10.6 Å². The number of urea groups is 1. The first-order valence-electron chi connectivity index (χ1n) is 18.3. The van der Waals surface area contributed by atoms with Crippen molar-refractivity contribution in [2.24, 2.45) is 11.8 Å². The normalized spacial score (nSPS) is 21.7. The molecule has 3 aromatic carbocycles. The van der Waals surface area contributed by atoms with E-state index in [-0.39, 0.29) is 55.0 Å². The lowest BCUT2D eigenvalue weighted by molar-refractivity contribution is -0.120. The summed E-state index contributed by atoms with van der Waals surface area (Å²) in [5, 5.41) is 18.4. The summed E-state index contributed by atoms with van der Waals surface area (Å²) in [6, 6.07) is 18.3. The minimum absolute atomic E-state index is 0.0184. The largest absolute Gasteiger partial charge is 0.490 e. The third-order valence-electron chi connectivity index (χ3n) is 10.1. The van der Waals surface area contributed by atoms with Gasteiger partial charge in [0.05, 0.1) is 36.1 Å². The molecule has 1 aliphatic heterocycles. The highest BCUT2D eigenvalue weighted by atomic mass is 16.5. The number of aliphatic hydroxyl groups excluding tert-OH is 1. The van der Waals surface area contributed by atoms with Gasteiger partial charge in [-0.3, -0.25) is 9.59 Å². The van der Waals surface area contributed by atoms with Crippen LogP contribution in [-0.2, 0) is 9.53 Å². The van der Waals surface area contributed by atoms with E-state index in [1.54, 1.807) is 35.0 Å². The summed E-state index contributed by atoms with van der Waals surface area (Å²) in [5.74, 6) is -0.0838. The van der Waals surface area contributed by atoms with Gasteiger partial charge in [0.25, 0.3) is 5.91 Å². The Balaban J connectivity index is 1.37. The maximum absolute atomic E-state index is 14.5. The van der Waals surface area contributed by atoms with Crippen LogP contribution in [0, 0.1) is 11.8 Å². The standard InChI is InChI=1S/C40H54N4O6/c1-27-24-44(28(2)26-45)39(47)34-23-32(41-38(46)31-15-6-5-7-16-31)20-21-36(34)50-29(3)13-10-11-22-49-37(27)25-43(4)40(48)42-35-19-12-17-30-14-8-9-18-33(30)35/h8-9,12,14,17-21,23,27-29,31,37,45H,5-7,10-11,13,15-16,22,24-26H2,1-4H3,(H,41,46)(H,42,48)/t27-,28+,29-,37-/m1/s1. The predicted molar refractivity (Wildman–Crippen MR) is 198 cm³/mol. The molecule has 3 N–H and O–H groups in total. The highest BCUT2D eigenvalue weighted by Gasteiger charge is 2.31. The van der Waals surface area contributed by atoms with Crippen LogP contribution < -0.4 is 15.4 Å². The Kier molecular flexibility index (Phi) is 13.1. The number of rotatable bonds is 7. The van der Waals surface area contributed by atoms with E-state index in [0.29, 0.717) is 30.2 Å². The maximum atomic E-state index is 14.5. The second-order valence-electron chi connectivity index (χ2n) is 14.2. The summed E-state index contributed by atoms with van der Waals surface area (Å²) in [6.45, 7) is 6.66. The van der Waals surface area contributed by atoms with Crippen molar-refractivity contribution in [2.45, 2.75) is 90.4 Å². The first kappa shape index (κ1) is 37.1. The fourth-order valence-electron chi connectivity index (χ4n) is 6.97. The second-order valence-corrected chi connectivity index (χ2v) is 14.2. The number of carbonyl (C=O) groups is 3. The summed E-state index contributed by atoms with van der Waals surface area (Å²) >= 11 is 0. The zero-order valence-electron chi connectivity index (χ0n) is 30.0. The van der Waals surface area contributed by atoms with Gasteiger partial charge in [-0.2, -0.15) is 0 Å². The van der Waals surface area contributed by atoms with Crippen LogP contribution in [-0.4, -0.2) is 84.4 Å². The quantitative estimate of drug-likeness (QED) is 0.240. The maximum Gasteiger partial charge on any atom is 0.321 e. The van der Waals surface area contributed by atoms with Gasteiger partial charge in [-0.25, -0.2) is 4.79 Å². The monoisotopic (exact) mass is 686 g/mol. The summed E-state index contributed by atoms with van der Waals surface area (Å²) in [7, 11) is 1.75. The SMILES string of the molecule is C[C@@H]1CCCCO[C@H](CN(C)C(=O)Nc2cccc3ccccc23)[C@H](C)CN([C@@H](C)CO)C(=O)c2cc(NC(=O)C3CCCCC3)ccc2O1. The molecule has 10 heteroatoms. The summed E-state index contributed by atoms with van der Waals surface area (Å²) < 4.78 is 12.8. The fraction of sp³-hybridized carbons (Fsp3) is 0.525. The van der Waals surface area contributed by atoms with E-state index < -0.39 is 6.04 Å². The molecule has 0 saturated heterocycles. The predicted octanol–water partition coefficient (Wildman–Crippen LogP) is 7.32. The van der Waals surface area contributed by atoms with Gasteiger partial charge in [-0.1, -0.05) is 62.6 Å². The number of hydrogen-bond donors (Lipinski definition) is 3. The van der Waals surface area contributed by atoms with Crippen molar-refractivity contribution < 1.29 is 29.0 Å². The molecule has 0 radical (unpaired) electrons. The van der Waals surface area contributed by atoms with Crippen molar-refractivity contribution in [3.05, 3.63) is 66.2 Å². The summed E-state index contributed by atoms with van der Waals surface area (Å²) in [6.07, 6.45) is 6.92. The third-order valence-corrected chi connectivity index (χ3v) is 10.1. The van der Waals surface area contributed by atoms with Gasteiger partial charge in [0, 0.05) is 49.7 Å². The van der Waals surface area contributed by atoms with Gasteiger partial charge in [0.2, 0.25) is 5.91 Å². The molecule has 1 saturated carbocycles. The topological polar surface area (TPSA) is 120 Å². The molecule has 0 spiro atoms. The molecule has 3 aromatic rings. The number of fused-ring (bicyclic) bond motifs is 2. The van der Waals surface area contributed by atoms with Crippen molar-refractivity contribution in [3.63, 3.8) is 0 Å². The highest BCUT2D eigenvalue weighted by Crippen LogP contribution is 2.30. The van der Waals surface area contributed by atoms with Gasteiger partial charge in [0.15, 0.2) is 0 Å². The van der Waals surface area contributed by atoms with E-state index in [0.717, 1.165) is 67.8 Å². The van der Waals surface area contributed by atoms with Crippen molar-refractivity contribution in [3.8, 4) is 5.75 Å². The molecule has 1 heterocycles. The van der Waals surface area contributed by atoms with E-state index in [4.69, 9.17) is 9.47 Å². The highest BCUT2D eigenvalue weighted by molar-refractivity contribution is 6.02. The van der Waals surface area contributed by atoms with Crippen LogP contribution in [0.1, 0.15) is 82.5 Å². The number of carbonyl (C=O) groups excluding carboxylic acids is 3. The van der Waals surface area contributed by atoms with E-state index in [9.17, 15) is 19.5 Å². The van der Waals surface area contributed by atoms with E-state index in [1.807, 2.05) is 63.2 Å². The number of nitrogens with zero attached hydrogens (tertiary/aromatic N) is 2. The molecule has 2 aliphatic rings. The number of likely N-dealkylation sites (N-methyl/N-ethyl adjacent to an activating group) is 1. The molecular formula is C40H54N4O6. The van der Waals surface area contributed by atoms with Crippen LogP contribution in [0.2, 0.25) is 0 Å². The Bertz CT molecular complexity index is 1600. The van der Waals surface area contributed by atoms with Gasteiger partial charge >= 0.3 is 6.03 Å². The number of amides is 4. The Morgan fingerprint density at radius 2 is 1.70 bits per heavy atom. The van der Waals surface area contributed by atoms with Gasteiger partial charge in [0.1, 0.15) is 5.75 Å². The molecule has 1 fully saturated rings. The minimum atomic E-state index is -0.503. The Morgan fingerprint density at radius 3 is 2.48 bits per heavy atom. The van der Waals surface area contributed by atoms with E-state index >= 15 is 0 Å². The van der Waals surface area contributed by atoms with Crippen LogP contribution in [0.15, 0.2) is 60.7 Å². The number of ether oxygens (including phenoxy) is 2. The molecule has 4 amide bonds. The lowest BCUT2D eigenvalue weighted by Crippen LogP contribution is -2.48. The van der Waals surface area contributed by atoms with Crippen LogP contribution in [0.5, 0.6) is 5.75 Å². The fourth-order valence-corrected chi connectivity index (χ4v) is 6.97. The van der Waals surface area contributed by atoms with Gasteiger partial charge < -0.3 is 35.0 Å². The molecule has 0 aromatic heterocycles. The number of nitrogens with one attached hydrogen (secondary N) is 2. The number of benzene rings is 3. The Hall–Kier alpha value is -4.15. The zero-order chi connectivity index (χ0) is 35.6. The number of anilines is 2. The van der Waals surface area contributed by atoms with Crippen LogP contribution in [0.3, 0.4) is 0 Å². The molecule has 50 heavy (non-hydrogen) atoms. The van der Waals surface area contributed by atoms with Crippen LogP contribution in [0.4, 0.5) is 16.2 Å². The zero-order valence-corrected chi connectivity index (χ0v) is 30.0. The molecule has 5 rings (SSSR count). The lowest BCUT2D eigenvalue weighted by atomic mass is 9.88. The van der Waals surface area contributed by atoms with Gasteiger partial charge in [-0.15, -0.1) is 0 Å². The molecule has 10 nitrogen and oxygen atoms in total. The molecule has 4 atom stereocenters. The van der Waals surface area contributed by atoms with E-state index in [1.165, 1.54) is 0 Å². The smallest absolute Gasteiger partial charge is 0.321 e. The minimum Gasteiger partial charge on any atom is -0.490 e. The van der Waals surface area contributed by atoms with Gasteiger partial charge in [-0.05, 0) is 75.6 Å². The summed E-state index contributed by atoms with van der Waals surface area (Å²) in [4.78, 5) is 44.3. The first-order valence-corrected chi connectivity index (χ1v) is 18.3. The third kappa shape index (κ3) is 9.54. The van der Waals surface area contributed by atoms with Crippen molar-refractivity contribution in [1.29, 1.82) is 0 Å². The molecule has 0 bridgehead atoms. The van der Waals surface area contributed by atoms with Crippen LogP contribution in [0.25, 0.3) is 10.8 Å². The van der Waals surface area contributed by atoms with Crippen molar-refractivity contribution in [2.75, 3.05) is 44.0 Å². The average Bonchev–Trinajstić information content (AvgIpc) is 3.13. The second kappa shape index (κ2) is 17.7. The lowest BCUT2D eigenvalue weighted by Gasteiger charge is -2.36. The Morgan fingerprint density at radius 1 is 0.960 bits per heavy atom. The molecule has 270 valence electrons. The molecule has 0 unspecified atom stereocenters. The molecule has 1 aliphatic carbocycles. The molecular weight excluding hydrogens is 632 g/mol. The van der Waals surface area contributed by atoms with Crippen molar-refractivity contribution in [1.82, 2.24) is 9.80 Å².